The first-order valence-corrected chi connectivity index (χ1v) is 5.14. The summed E-state index contributed by atoms with van der Waals surface area (Å²) in [6.45, 7) is 1.33. The SMILES string of the molecule is OCCn1cc(CNC2(CO)CC2)nn1. The van der Waals surface area contributed by atoms with E-state index in [4.69, 9.17) is 10.2 Å². The van der Waals surface area contributed by atoms with Crippen LogP contribution in [0.4, 0.5) is 0 Å². The Bertz CT molecular complexity index is 322. The number of hydrogen-bond donors (Lipinski definition) is 3. The van der Waals surface area contributed by atoms with Crippen molar-refractivity contribution in [1.29, 1.82) is 0 Å². The zero-order valence-corrected chi connectivity index (χ0v) is 8.56. The minimum Gasteiger partial charge on any atom is -0.394 e. The third-order valence-corrected chi connectivity index (χ3v) is 2.72. The van der Waals surface area contributed by atoms with Crippen LogP contribution in [0.15, 0.2) is 6.20 Å². The lowest BCUT2D eigenvalue weighted by atomic mass is 10.3. The Morgan fingerprint density at radius 1 is 1.47 bits per heavy atom. The van der Waals surface area contributed by atoms with Crippen molar-refractivity contribution in [2.24, 2.45) is 0 Å². The summed E-state index contributed by atoms with van der Waals surface area (Å²) in [4.78, 5) is 0. The molecule has 0 unspecified atom stereocenters. The summed E-state index contributed by atoms with van der Waals surface area (Å²) in [7, 11) is 0. The van der Waals surface area contributed by atoms with E-state index in [2.05, 4.69) is 15.6 Å². The molecule has 3 N–H and O–H groups in total. The summed E-state index contributed by atoms with van der Waals surface area (Å²) in [5, 5.41) is 28.9. The van der Waals surface area contributed by atoms with Crippen LogP contribution in [-0.2, 0) is 13.1 Å². The molecule has 0 bridgehead atoms. The van der Waals surface area contributed by atoms with Crippen LogP contribution >= 0.6 is 0 Å². The largest absolute Gasteiger partial charge is 0.394 e. The monoisotopic (exact) mass is 212 g/mol. The Kier molecular flexibility index (Phi) is 2.99. The smallest absolute Gasteiger partial charge is 0.0965 e. The van der Waals surface area contributed by atoms with Gasteiger partial charge in [-0.05, 0) is 12.8 Å². The summed E-state index contributed by atoms with van der Waals surface area (Å²) in [5.41, 5.74) is 0.768. The number of nitrogens with one attached hydrogen (secondary N) is 1. The zero-order chi connectivity index (χ0) is 10.7. The molecule has 1 saturated carbocycles. The quantitative estimate of drug-likeness (QED) is 0.556. The molecule has 0 spiro atoms. The first-order chi connectivity index (χ1) is 7.28. The van der Waals surface area contributed by atoms with Gasteiger partial charge in [-0.3, -0.25) is 0 Å². The molecule has 6 nitrogen and oxygen atoms in total. The average molecular weight is 212 g/mol. The van der Waals surface area contributed by atoms with Crippen LogP contribution in [0.2, 0.25) is 0 Å². The van der Waals surface area contributed by atoms with Gasteiger partial charge in [-0.2, -0.15) is 0 Å². The minimum absolute atomic E-state index is 0.0663. The molecule has 0 aromatic carbocycles. The Morgan fingerprint density at radius 3 is 2.87 bits per heavy atom. The second-order valence-electron chi connectivity index (χ2n) is 3.99. The number of nitrogens with zero attached hydrogens (tertiary/aromatic N) is 3. The fourth-order valence-corrected chi connectivity index (χ4v) is 1.45. The van der Waals surface area contributed by atoms with Crippen molar-refractivity contribution >= 4 is 0 Å². The van der Waals surface area contributed by atoms with E-state index in [0.29, 0.717) is 13.1 Å². The molecule has 84 valence electrons. The Labute approximate surface area is 87.9 Å². The van der Waals surface area contributed by atoms with E-state index in [9.17, 15) is 0 Å². The maximum Gasteiger partial charge on any atom is 0.0965 e. The summed E-state index contributed by atoms with van der Waals surface area (Å²) in [6.07, 6.45) is 3.85. The van der Waals surface area contributed by atoms with Gasteiger partial charge in [0, 0.05) is 18.3 Å². The second-order valence-corrected chi connectivity index (χ2v) is 3.99. The van der Waals surface area contributed by atoms with Crippen LogP contribution in [0, 0.1) is 0 Å². The Morgan fingerprint density at radius 2 is 2.27 bits per heavy atom. The molecule has 1 heterocycles. The van der Waals surface area contributed by atoms with Crippen molar-refractivity contribution in [1.82, 2.24) is 20.3 Å². The summed E-state index contributed by atoms with van der Waals surface area (Å²) >= 11 is 0. The molecule has 0 atom stereocenters. The standard InChI is InChI=1S/C9H16N4O2/c14-4-3-13-6-8(11-12-13)5-10-9(7-15)1-2-9/h6,10,14-15H,1-5,7H2. The van der Waals surface area contributed by atoms with Crippen molar-refractivity contribution in [3.8, 4) is 0 Å². The number of hydrogen-bond acceptors (Lipinski definition) is 5. The van der Waals surface area contributed by atoms with E-state index in [1.165, 1.54) is 0 Å². The van der Waals surface area contributed by atoms with Gasteiger partial charge in [0.2, 0.25) is 0 Å². The van der Waals surface area contributed by atoms with Crippen molar-refractivity contribution in [3.05, 3.63) is 11.9 Å². The van der Waals surface area contributed by atoms with E-state index in [1.807, 2.05) is 0 Å². The van der Waals surface area contributed by atoms with Gasteiger partial charge in [-0.25, -0.2) is 4.68 Å². The first kappa shape index (κ1) is 10.5. The second kappa shape index (κ2) is 4.26. The molecule has 0 amide bonds. The summed E-state index contributed by atoms with van der Waals surface area (Å²) in [6, 6.07) is 0. The molecule has 1 aliphatic rings. The third-order valence-electron chi connectivity index (χ3n) is 2.72. The minimum atomic E-state index is -0.0687. The molecular formula is C9H16N4O2. The molecule has 15 heavy (non-hydrogen) atoms. The maximum absolute atomic E-state index is 9.09. The number of aromatic nitrogens is 3. The zero-order valence-electron chi connectivity index (χ0n) is 8.56. The van der Waals surface area contributed by atoms with Gasteiger partial charge in [-0.1, -0.05) is 5.21 Å². The van der Waals surface area contributed by atoms with Gasteiger partial charge >= 0.3 is 0 Å². The van der Waals surface area contributed by atoms with Crippen molar-refractivity contribution in [2.75, 3.05) is 13.2 Å². The lowest BCUT2D eigenvalue weighted by Gasteiger charge is -2.11. The first-order valence-electron chi connectivity index (χ1n) is 5.14. The summed E-state index contributed by atoms with van der Waals surface area (Å²) in [5.74, 6) is 0. The van der Waals surface area contributed by atoms with Gasteiger partial charge in [-0.15, -0.1) is 5.10 Å². The normalized spacial score (nSPS) is 18.0. The van der Waals surface area contributed by atoms with Crippen LogP contribution in [0.1, 0.15) is 18.5 Å². The van der Waals surface area contributed by atoms with Crippen molar-refractivity contribution < 1.29 is 10.2 Å². The van der Waals surface area contributed by atoms with E-state index in [-0.39, 0.29) is 18.8 Å². The van der Waals surface area contributed by atoms with Crippen LogP contribution in [-0.4, -0.2) is 44.0 Å². The summed E-state index contributed by atoms with van der Waals surface area (Å²) < 4.78 is 1.61. The van der Waals surface area contributed by atoms with Gasteiger partial charge in [0.25, 0.3) is 0 Å². The van der Waals surface area contributed by atoms with Crippen LogP contribution in [0.25, 0.3) is 0 Å². The van der Waals surface area contributed by atoms with Crippen LogP contribution in [0.3, 0.4) is 0 Å². The highest BCUT2D eigenvalue weighted by Crippen LogP contribution is 2.34. The average Bonchev–Trinajstić information content (AvgIpc) is 2.91. The van der Waals surface area contributed by atoms with Gasteiger partial charge in [0.05, 0.1) is 25.5 Å². The van der Waals surface area contributed by atoms with Crippen LogP contribution < -0.4 is 5.32 Å². The van der Waals surface area contributed by atoms with E-state index < -0.39 is 0 Å². The van der Waals surface area contributed by atoms with E-state index in [0.717, 1.165) is 18.5 Å². The van der Waals surface area contributed by atoms with Crippen molar-refractivity contribution in [3.63, 3.8) is 0 Å². The maximum atomic E-state index is 9.09. The number of aliphatic hydroxyl groups is 2. The van der Waals surface area contributed by atoms with Crippen LogP contribution in [0.5, 0.6) is 0 Å². The molecule has 0 aliphatic heterocycles. The lowest BCUT2D eigenvalue weighted by Crippen LogP contribution is -2.34. The molecular weight excluding hydrogens is 196 g/mol. The van der Waals surface area contributed by atoms with Crippen molar-refractivity contribution in [2.45, 2.75) is 31.5 Å². The number of aliphatic hydroxyl groups excluding tert-OH is 2. The number of rotatable bonds is 6. The Balaban J connectivity index is 1.83. The topological polar surface area (TPSA) is 83.2 Å². The highest BCUT2D eigenvalue weighted by molar-refractivity contribution is 5.04. The fourth-order valence-electron chi connectivity index (χ4n) is 1.45. The molecule has 1 aliphatic carbocycles. The molecule has 1 aromatic heterocycles. The predicted octanol–water partition coefficient (Wildman–Crippen LogP) is -1.12. The molecule has 1 fully saturated rings. The highest BCUT2D eigenvalue weighted by Gasteiger charge is 2.41. The van der Waals surface area contributed by atoms with E-state index in [1.54, 1.807) is 10.9 Å². The van der Waals surface area contributed by atoms with Gasteiger partial charge in [0.1, 0.15) is 0 Å². The molecule has 0 saturated heterocycles. The molecule has 6 heteroatoms. The Hall–Kier alpha value is -0.980. The van der Waals surface area contributed by atoms with Gasteiger partial charge in [0.15, 0.2) is 0 Å². The third kappa shape index (κ3) is 2.53. The lowest BCUT2D eigenvalue weighted by molar-refractivity contribution is 0.229. The highest BCUT2D eigenvalue weighted by atomic mass is 16.3. The predicted molar refractivity (Wildman–Crippen MR) is 53.0 cm³/mol. The fraction of sp³-hybridized carbons (Fsp3) is 0.778. The molecule has 2 rings (SSSR count). The molecule has 0 radical (unpaired) electrons. The molecule has 1 aromatic rings. The van der Waals surface area contributed by atoms with Gasteiger partial charge < -0.3 is 15.5 Å². The van der Waals surface area contributed by atoms with E-state index >= 15 is 0 Å².